The van der Waals surface area contributed by atoms with E-state index in [0.29, 0.717) is 12.6 Å². The highest BCUT2D eigenvalue weighted by atomic mass is 16.2. The number of amides is 1. The van der Waals surface area contributed by atoms with Crippen LogP contribution in [0.25, 0.3) is 0 Å². The first-order chi connectivity index (χ1) is 7.37. The van der Waals surface area contributed by atoms with Crippen molar-refractivity contribution in [2.24, 2.45) is 0 Å². The predicted octanol–water partition coefficient (Wildman–Crippen LogP) is 0.585. The van der Waals surface area contributed by atoms with E-state index < -0.39 is 0 Å². The molecule has 0 aromatic rings. The minimum absolute atomic E-state index is 0.150. The molecular formula is C12H25N3O. The van der Waals surface area contributed by atoms with E-state index in [1.54, 1.807) is 0 Å². The third-order valence-corrected chi connectivity index (χ3v) is 2.50. The molecule has 0 aromatic heterocycles. The second-order valence-electron chi connectivity index (χ2n) is 5.76. The first kappa shape index (κ1) is 13.5. The van der Waals surface area contributed by atoms with Gasteiger partial charge in [0.15, 0.2) is 0 Å². The Bertz CT molecular complexity index is 231. The van der Waals surface area contributed by atoms with Crippen LogP contribution in [0.2, 0.25) is 0 Å². The van der Waals surface area contributed by atoms with Gasteiger partial charge in [-0.3, -0.25) is 9.69 Å². The molecule has 16 heavy (non-hydrogen) atoms. The van der Waals surface area contributed by atoms with Crippen molar-refractivity contribution < 1.29 is 4.79 Å². The molecular weight excluding hydrogens is 202 g/mol. The monoisotopic (exact) mass is 227 g/mol. The van der Waals surface area contributed by atoms with Crippen molar-refractivity contribution in [2.45, 2.75) is 45.2 Å². The summed E-state index contributed by atoms with van der Waals surface area (Å²) in [5, 5.41) is 6.40. The van der Waals surface area contributed by atoms with E-state index in [0.717, 1.165) is 25.9 Å². The highest BCUT2D eigenvalue weighted by Gasteiger charge is 2.23. The van der Waals surface area contributed by atoms with Gasteiger partial charge in [0.25, 0.3) is 0 Å². The number of rotatable bonds is 6. The lowest BCUT2D eigenvalue weighted by Crippen LogP contribution is -2.43. The summed E-state index contributed by atoms with van der Waals surface area (Å²) in [7, 11) is 1.98. The smallest absolute Gasteiger partial charge is 0.234 e. The second kappa shape index (κ2) is 5.64. The minimum Gasteiger partial charge on any atom is -0.352 e. The molecule has 0 atom stereocenters. The largest absolute Gasteiger partial charge is 0.352 e. The van der Waals surface area contributed by atoms with Gasteiger partial charge in [-0.1, -0.05) is 0 Å². The summed E-state index contributed by atoms with van der Waals surface area (Å²) in [6.45, 7) is 8.75. The maximum atomic E-state index is 11.5. The Morgan fingerprint density at radius 2 is 2.00 bits per heavy atom. The average Bonchev–Trinajstić information content (AvgIpc) is 2.84. The number of carbonyl (C=O) groups is 1. The molecule has 0 aliphatic heterocycles. The van der Waals surface area contributed by atoms with Gasteiger partial charge in [0, 0.05) is 24.7 Å². The zero-order valence-corrected chi connectivity index (χ0v) is 11.0. The standard InChI is InChI=1S/C12H25N3O/c1-12(2,3)13-7-8-15(4)9-11(16)14-10-5-6-10/h10,13H,5-9H2,1-4H3,(H,14,16). The lowest BCUT2D eigenvalue weighted by atomic mass is 10.1. The second-order valence-corrected chi connectivity index (χ2v) is 5.76. The van der Waals surface area contributed by atoms with Crippen LogP contribution in [-0.4, -0.2) is 49.1 Å². The summed E-state index contributed by atoms with van der Waals surface area (Å²) >= 11 is 0. The van der Waals surface area contributed by atoms with E-state index in [1.165, 1.54) is 0 Å². The van der Waals surface area contributed by atoms with E-state index in [1.807, 2.05) is 7.05 Å². The molecule has 1 aliphatic carbocycles. The zero-order chi connectivity index (χ0) is 12.2. The number of nitrogens with one attached hydrogen (secondary N) is 2. The van der Waals surface area contributed by atoms with Crippen LogP contribution >= 0.6 is 0 Å². The zero-order valence-electron chi connectivity index (χ0n) is 11.0. The summed E-state index contributed by atoms with van der Waals surface area (Å²) in [5.41, 5.74) is 0.150. The van der Waals surface area contributed by atoms with Gasteiger partial charge in [0.05, 0.1) is 6.54 Å². The molecule has 0 spiro atoms. The summed E-state index contributed by atoms with van der Waals surface area (Å²) in [6, 6.07) is 0.466. The molecule has 1 rings (SSSR count). The summed E-state index contributed by atoms with van der Waals surface area (Å²) in [4.78, 5) is 13.5. The van der Waals surface area contributed by atoms with Crippen LogP contribution in [0.3, 0.4) is 0 Å². The predicted molar refractivity (Wildman–Crippen MR) is 66.4 cm³/mol. The average molecular weight is 227 g/mol. The molecule has 1 saturated carbocycles. The molecule has 0 radical (unpaired) electrons. The topological polar surface area (TPSA) is 44.4 Å². The Labute approximate surface area is 98.8 Å². The van der Waals surface area contributed by atoms with Crippen LogP contribution in [-0.2, 0) is 4.79 Å². The van der Waals surface area contributed by atoms with Crippen molar-refractivity contribution in [3.05, 3.63) is 0 Å². The quantitative estimate of drug-likeness (QED) is 0.698. The Balaban J connectivity index is 2.05. The Hall–Kier alpha value is -0.610. The molecule has 1 amide bonds. The van der Waals surface area contributed by atoms with E-state index in [4.69, 9.17) is 0 Å². The SMILES string of the molecule is CN(CCNC(C)(C)C)CC(=O)NC1CC1. The molecule has 4 heteroatoms. The number of nitrogens with zero attached hydrogens (tertiary/aromatic N) is 1. The van der Waals surface area contributed by atoms with Crippen LogP contribution in [0.5, 0.6) is 0 Å². The van der Waals surface area contributed by atoms with Crippen molar-refractivity contribution in [3.63, 3.8) is 0 Å². The molecule has 1 fully saturated rings. The van der Waals surface area contributed by atoms with Crippen molar-refractivity contribution in [3.8, 4) is 0 Å². The Morgan fingerprint density at radius 1 is 1.38 bits per heavy atom. The third-order valence-electron chi connectivity index (χ3n) is 2.50. The van der Waals surface area contributed by atoms with E-state index in [9.17, 15) is 4.79 Å². The fourth-order valence-electron chi connectivity index (χ4n) is 1.45. The lowest BCUT2D eigenvalue weighted by molar-refractivity contribution is -0.122. The summed E-state index contributed by atoms with van der Waals surface area (Å²) in [5.74, 6) is 0.153. The molecule has 1 aliphatic rings. The van der Waals surface area contributed by atoms with Gasteiger partial charge in [-0.2, -0.15) is 0 Å². The van der Waals surface area contributed by atoms with Crippen molar-refractivity contribution in [1.82, 2.24) is 15.5 Å². The van der Waals surface area contributed by atoms with E-state index in [2.05, 4.69) is 36.3 Å². The fraction of sp³-hybridized carbons (Fsp3) is 0.917. The molecule has 0 aromatic carbocycles. The highest BCUT2D eigenvalue weighted by molar-refractivity contribution is 5.78. The maximum absolute atomic E-state index is 11.5. The Morgan fingerprint density at radius 3 is 2.50 bits per heavy atom. The molecule has 94 valence electrons. The lowest BCUT2D eigenvalue weighted by Gasteiger charge is -2.23. The van der Waals surface area contributed by atoms with Gasteiger partial charge >= 0.3 is 0 Å². The van der Waals surface area contributed by atoms with Gasteiger partial charge in [0.1, 0.15) is 0 Å². The van der Waals surface area contributed by atoms with Crippen LogP contribution < -0.4 is 10.6 Å². The van der Waals surface area contributed by atoms with Gasteiger partial charge in [-0.25, -0.2) is 0 Å². The maximum Gasteiger partial charge on any atom is 0.234 e. The fourth-order valence-corrected chi connectivity index (χ4v) is 1.45. The van der Waals surface area contributed by atoms with Gasteiger partial charge in [-0.15, -0.1) is 0 Å². The summed E-state index contributed by atoms with van der Waals surface area (Å²) in [6.07, 6.45) is 2.31. The molecule has 0 heterocycles. The first-order valence-corrected chi connectivity index (χ1v) is 6.10. The van der Waals surface area contributed by atoms with Crippen LogP contribution in [0.4, 0.5) is 0 Å². The normalized spacial score (nSPS) is 16.6. The molecule has 2 N–H and O–H groups in total. The minimum atomic E-state index is 0.150. The van der Waals surface area contributed by atoms with Crippen molar-refractivity contribution in [2.75, 3.05) is 26.7 Å². The van der Waals surface area contributed by atoms with Crippen molar-refractivity contribution >= 4 is 5.91 Å². The molecule has 0 saturated heterocycles. The molecule has 0 unspecified atom stereocenters. The highest BCUT2D eigenvalue weighted by Crippen LogP contribution is 2.18. The Kier molecular flexibility index (Phi) is 4.74. The number of likely N-dealkylation sites (N-methyl/N-ethyl adjacent to an activating group) is 1. The van der Waals surface area contributed by atoms with E-state index in [-0.39, 0.29) is 11.4 Å². The van der Waals surface area contributed by atoms with Crippen LogP contribution in [0.15, 0.2) is 0 Å². The molecule has 4 nitrogen and oxygen atoms in total. The van der Waals surface area contributed by atoms with Gasteiger partial charge in [0.2, 0.25) is 5.91 Å². The number of hydrogen-bond donors (Lipinski definition) is 2. The van der Waals surface area contributed by atoms with Crippen LogP contribution in [0, 0.1) is 0 Å². The van der Waals surface area contributed by atoms with Gasteiger partial charge < -0.3 is 10.6 Å². The number of carbonyl (C=O) groups excluding carboxylic acids is 1. The molecule has 0 bridgehead atoms. The third kappa shape index (κ3) is 6.80. The summed E-state index contributed by atoms with van der Waals surface area (Å²) < 4.78 is 0. The first-order valence-electron chi connectivity index (χ1n) is 6.10. The number of hydrogen-bond acceptors (Lipinski definition) is 3. The van der Waals surface area contributed by atoms with Crippen LogP contribution in [0.1, 0.15) is 33.6 Å². The van der Waals surface area contributed by atoms with Crippen molar-refractivity contribution in [1.29, 1.82) is 0 Å². The van der Waals surface area contributed by atoms with Gasteiger partial charge in [-0.05, 0) is 40.7 Å². The van der Waals surface area contributed by atoms with E-state index >= 15 is 0 Å².